The lowest BCUT2D eigenvalue weighted by molar-refractivity contribution is 0.728. The number of aryl methyl sites for hydroxylation is 1. The maximum absolute atomic E-state index is 8.76. The van der Waals surface area contributed by atoms with Crippen LogP contribution >= 0.6 is 0 Å². The largest absolute Gasteiger partial charge is 0.192 e. The van der Waals surface area contributed by atoms with E-state index in [0.717, 1.165) is 12.0 Å². The summed E-state index contributed by atoms with van der Waals surface area (Å²) >= 11 is 0. The molecule has 1 heteroatoms. The van der Waals surface area contributed by atoms with E-state index in [4.69, 9.17) is 5.26 Å². The first-order chi connectivity index (χ1) is 6.19. The van der Waals surface area contributed by atoms with Gasteiger partial charge in [-0.05, 0) is 42.5 Å². The zero-order valence-corrected chi connectivity index (χ0v) is 8.46. The van der Waals surface area contributed by atoms with Crippen molar-refractivity contribution in [2.45, 2.75) is 33.1 Å². The first-order valence-electron chi connectivity index (χ1n) is 4.69. The Kier molecular flexibility index (Phi) is 3.08. The minimum absolute atomic E-state index is 0.549. The molecule has 1 nitrogen and oxygen atoms in total. The molecule has 0 N–H and O–H groups in total. The number of hydrogen-bond acceptors (Lipinski definition) is 1. The van der Waals surface area contributed by atoms with Crippen LogP contribution in [0.5, 0.6) is 0 Å². The van der Waals surface area contributed by atoms with Crippen molar-refractivity contribution < 1.29 is 0 Å². The summed E-state index contributed by atoms with van der Waals surface area (Å²) in [7, 11) is 0. The van der Waals surface area contributed by atoms with Gasteiger partial charge < -0.3 is 0 Å². The number of hydrogen-bond donors (Lipinski definition) is 0. The summed E-state index contributed by atoms with van der Waals surface area (Å²) in [5.74, 6) is 0.549. The van der Waals surface area contributed by atoms with Gasteiger partial charge in [0.05, 0.1) is 11.6 Å². The lowest BCUT2D eigenvalue weighted by Gasteiger charge is -2.12. The lowest BCUT2D eigenvalue weighted by Crippen LogP contribution is -1.95. The van der Waals surface area contributed by atoms with Gasteiger partial charge in [0, 0.05) is 0 Å². The second-order valence-corrected chi connectivity index (χ2v) is 3.49. The Morgan fingerprint density at radius 1 is 1.46 bits per heavy atom. The highest BCUT2D eigenvalue weighted by Crippen LogP contribution is 2.23. The van der Waals surface area contributed by atoms with Crippen LogP contribution in [-0.4, -0.2) is 0 Å². The number of rotatable bonds is 2. The molecule has 0 aliphatic heterocycles. The highest BCUT2D eigenvalue weighted by Gasteiger charge is 2.06. The minimum Gasteiger partial charge on any atom is -0.192 e. The van der Waals surface area contributed by atoms with Crippen LogP contribution in [0.15, 0.2) is 18.2 Å². The molecule has 68 valence electrons. The summed E-state index contributed by atoms with van der Waals surface area (Å²) in [5.41, 5.74) is 3.36. The molecule has 0 amide bonds. The van der Waals surface area contributed by atoms with E-state index < -0.39 is 0 Å². The molecule has 0 aliphatic carbocycles. The fraction of sp³-hybridized carbons (Fsp3) is 0.417. The molecule has 1 aromatic carbocycles. The number of nitrogens with zero attached hydrogens (tertiary/aromatic N) is 1. The van der Waals surface area contributed by atoms with Crippen molar-refractivity contribution in [2.24, 2.45) is 0 Å². The molecule has 0 bridgehead atoms. The predicted molar refractivity (Wildman–Crippen MR) is 54.6 cm³/mol. The van der Waals surface area contributed by atoms with Crippen LogP contribution < -0.4 is 0 Å². The number of nitriles is 1. The average molecular weight is 173 g/mol. The first kappa shape index (κ1) is 9.80. The molecule has 0 spiro atoms. The summed E-state index contributed by atoms with van der Waals surface area (Å²) in [4.78, 5) is 0. The Bertz CT molecular complexity index is 333. The van der Waals surface area contributed by atoms with E-state index in [2.05, 4.69) is 26.8 Å². The fourth-order valence-electron chi connectivity index (χ4n) is 1.46. The first-order valence-corrected chi connectivity index (χ1v) is 4.69. The van der Waals surface area contributed by atoms with Crippen LogP contribution in [0.25, 0.3) is 0 Å². The maximum Gasteiger partial charge on any atom is 0.0991 e. The van der Waals surface area contributed by atoms with Crippen molar-refractivity contribution in [3.8, 4) is 6.07 Å². The van der Waals surface area contributed by atoms with Crippen LogP contribution in [0.3, 0.4) is 0 Å². The van der Waals surface area contributed by atoms with E-state index in [0.29, 0.717) is 5.92 Å². The zero-order valence-electron chi connectivity index (χ0n) is 8.46. The molecular weight excluding hydrogens is 158 g/mol. The molecule has 1 atom stereocenters. The minimum atomic E-state index is 0.549. The lowest BCUT2D eigenvalue weighted by atomic mass is 9.93. The maximum atomic E-state index is 8.76. The molecule has 0 heterocycles. The van der Waals surface area contributed by atoms with Gasteiger partial charge in [0.1, 0.15) is 0 Å². The topological polar surface area (TPSA) is 23.8 Å². The van der Waals surface area contributed by atoms with E-state index in [1.807, 2.05) is 18.2 Å². The molecule has 1 unspecified atom stereocenters. The summed E-state index contributed by atoms with van der Waals surface area (Å²) in [6.07, 6.45) is 1.12. The van der Waals surface area contributed by atoms with Gasteiger partial charge in [0.15, 0.2) is 0 Å². The van der Waals surface area contributed by atoms with Crippen LogP contribution in [-0.2, 0) is 0 Å². The van der Waals surface area contributed by atoms with E-state index in [1.165, 1.54) is 11.1 Å². The molecule has 1 rings (SSSR count). The van der Waals surface area contributed by atoms with E-state index in [9.17, 15) is 0 Å². The SMILES string of the molecule is CCC(C)c1cc(C#N)ccc1C. The van der Waals surface area contributed by atoms with Gasteiger partial charge in [-0.2, -0.15) is 5.26 Å². The van der Waals surface area contributed by atoms with Gasteiger partial charge in [-0.25, -0.2) is 0 Å². The van der Waals surface area contributed by atoms with Gasteiger partial charge in [0.25, 0.3) is 0 Å². The Morgan fingerprint density at radius 3 is 2.69 bits per heavy atom. The molecular formula is C12H15N. The smallest absolute Gasteiger partial charge is 0.0991 e. The third-order valence-corrected chi connectivity index (χ3v) is 2.55. The molecule has 0 aliphatic rings. The van der Waals surface area contributed by atoms with Gasteiger partial charge in [-0.1, -0.05) is 19.9 Å². The van der Waals surface area contributed by atoms with Crippen molar-refractivity contribution in [3.63, 3.8) is 0 Å². The van der Waals surface area contributed by atoms with Crippen molar-refractivity contribution in [1.29, 1.82) is 5.26 Å². The average Bonchev–Trinajstić information content (AvgIpc) is 2.17. The van der Waals surface area contributed by atoms with E-state index in [-0.39, 0.29) is 0 Å². The Morgan fingerprint density at radius 2 is 2.15 bits per heavy atom. The Balaban J connectivity index is 3.12. The number of benzene rings is 1. The van der Waals surface area contributed by atoms with Crippen molar-refractivity contribution in [2.75, 3.05) is 0 Å². The van der Waals surface area contributed by atoms with Crippen molar-refractivity contribution in [1.82, 2.24) is 0 Å². The van der Waals surface area contributed by atoms with E-state index in [1.54, 1.807) is 0 Å². The molecule has 1 aromatic rings. The highest BCUT2D eigenvalue weighted by atomic mass is 14.2. The van der Waals surface area contributed by atoms with Gasteiger partial charge in [0.2, 0.25) is 0 Å². The van der Waals surface area contributed by atoms with Crippen LogP contribution in [0, 0.1) is 18.3 Å². The standard InChI is InChI=1S/C12H15N/c1-4-9(2)12-7-11(8-13)6-5-10(12)3/h5-7,9H,4H2,1-3H3. The molecule has 13 heavy (non-hydrogen) atoms. The van der Waals surface area contributed by atoms with E-state index >= 15 is 0 Å². The quantitative estimate of drug-likeness (QED) is 0.672. The second-order valence-electron chi connectivity index (χ2n) is 3.49. The van der Waals surface area contributed by atoms with Crippen LogP contribution in [0.2, 0.25) is 0 Å². The molecule has 0 radical (unpaired) electrons. The Labute approximate surface area is 80.0 Å². The molecule has 0 saturated heterocycles. The predicted octanol–water partition coefficient (Wildman–Crippen LogP) is 3.38. The molecule has 0 saturated carbocycles. The zero-order chi connectivity index (χ0) is 9.84. The van der Waals surface area contributed by atoms with Crippen molar-refractivity contribution in [3.05, 3.63) is 34.9 Å². The summed E-state index contributed by atoms with van der Waals surface area (Å²) in [6, 6.07) is 8.08. The van der Waals surface area contributed by atoms with Crippen LogP contribution in [0.4, 0.5) is 0 Å². The second kappa shape index (κ2) is 4.09. The molecule has 0 aromatic heterocycles. The normalized spacial score (nSPS) is 12.2. The highest BCUT2D eigenvalue weighted by molar-refractivity contribution is 5.39. The van der Waals surface area contributed by atoms with Gasteiger partial charge in [-0.3, -0.25) is 0 Å². The van der Waals surface area contributed by atoms with Crippen molar-refractivity contribution >= 4 is 0 Å². The third-order valence-electron chi connectivity index (χ3n) is 2.55. The van der Waals surface area contributed by atoms with Crippen LogP contribution in [0.1, 0.15) is 42.9 Å². The third kappa shape index (κ3) is 2.09. The summed E-state index contributed by atoms with van der Waals surface area (Å²) in [6.45, 7) is 6.47. The summed E-state index contributed by atoms with van der Waals surface area (Å²) < 4.78 is 0. The summed E-state index contributed by atoms with van der Waals surface area (Å²) in [5, 5.41) is 8.76. The molecule has 0 fully saturated rings. The fourth-order valence-corrected chi connectivity index (χ4v) is 1.46. The Hall–Kier alpha value is -1.29. The van der Waals surface area contributed by atoms with Gasteiger partial charge in [-0.15, -0.1) is 0 Å². The monoisotopic (exact) mass is 173 g/mol. The van der Waals surface area contributed by atoms with Gasteiger partial charge >= 0.3 is 0 Å².